The van der Waals surface area contributed by atoms with Crippen LogP contribution in [0.2, 0.25) is 5.15 Å². The van der Waals surface area contributed by atoms with Crippen LogP contribution in [0.15, 0.2) is 12.1 Å². The third-order valence-corrected chi connectivity index (χ3v) is 3.11. The van der Waals surface area contributed by atoms with Gasteiger partial charge in [0.1, 0.15) is 5.15 Å². The number of aliphatic hydroxyl groups is 1. The molecule has 6 heteroatoms. The Balaban J connectivity index is 2.63. The molecule has 1 unspecified atom stereocenters. The smallest absolute Gasteiger partial charge is 0.151 e. The highest BCUT2D eigenvalue weighted by Crippen LogP contribution is 2.19. The van der Waals surface area contributed by atoms with E-state index in [0.29, 0.717) is 29.0 Å². The first-order valence-corrected chi connectivity index (χ1v) is 6.59. The van der Waals surface area contributed by atoms with Crippen LogP contribution in [0.5, 0.6) is 0 Å². The normalized spacial score (nSPS) is 14.5. The Morgan fingerprint density at radius 1 is 1.62 bits per heavy atom. The summed E-state index contributed by atoms with van der Waals surface area (Å²) in [6.45, 7) is 2.14. The van der Waals surface area contributed by atoms with Crippen molar-refractivity contribution in [2.45, 2.75) is 12.5 Å². The SMILES string of the molecule is CSCC(C)(O)CNc1nc(Cl)ccc1N. The highest BCUT2D eigenvalue weighted by Gasteiger charge is 2.19. The van der Waals surface area contributed by atoms with Crippen molar-refractivity contribution < 1.29 is 5.11 Å². The number of hydrogen-bond donors (Lipinski definition) is 3. The molecule has 0 aliphatic carbocycles. The largest absolute Gasteiger partial charge is 0.396 e. The number of halogens is 1. The molecule has 0 saturated heterocycles. The quantitative estimate of drug-likeness (QED) is 0.706. The van der Waals surface area contributed by atoms with Gasteiger partial charge in [-0.25, -0.2) is 4.98 Å². The lowest BCUT2D eigenvalue weighted by atomic mass is 10.1. The van der Waals surface area contributed by atoms with Gasteiger partial charge in [0, 0.05) is 12.3 Å². The molecule has 1 rings (SSSR count). The van der Waals surface area contributed by atoms with Crippen molar-refractivity contribution >= 4 is 34.9 Å². The van der Waals surface area contributed by atoms with Gasteiger partial charge in [0.2, 0.25) is 0 Å². The van der Waals surface area contributed by atoms with E-state index in [2.05, 4.69) is 10.3 Å². The fraction of sp³-hybridized carbons (Fsp3) is 0.500. The van der Waals surface area contributed by atoms with Crippen LogP contribution in [0.1, 0.15) is 6.92 Å². The second-order valence-corrected chi connectivity index (χ2v) is 5.11. The Hall–Kier alpha value is -0.650. The van der Waals surface area contributed by atoms with E-state index in [1.54, 1.807) is 30.8 Å². The maximum absolute atomic E-state index is 9.95. The number of pyridine rings is 1. The maximum Gasteiger partial charge on any atom is 0.151 e. The summed E-state index contributed by atoms with van der Waals surface area (Å²) in [4.78, 5) is 4.05. The van der Waals surface area contributed by atoms with Gasteiger partial charge in [0.15, 0.2) is 5.82 Å². The van der Waals surface area contributed by atoms with Crippen LogP contribution < -0.4 is 11.1 Å². The molecule has 0 aromatic carbocycles. The molecule has 0 bridgehead atoms. The molecule has 1 heterocycles. The number of aromatic nitrogens is 1. The number of rotatable bonds is 5. The number of thioether (sulfide) groups is 1. The molecular weight excluding hydrogens is 246 g/mol. The summed E-state index contributed by atoms with van der Waals surface area (Å²) in [6, 6.07) is 3.31. The Morgan fingerprint density at radius 2 is 2.31 bits per heavy atom. The van der Waals surface area contributed by atoms with Crippen molar-refractivity contribution in [2.24, 2.45) is 0 Å². The van der Waals surface area contributed by atoms with E-state index < -0.39 is 5.60 Å². The van der Waals surface area contributed by atoms with Crippen LogP contribution in [-0.2, 0) is 0 Å². The van der Waals surface area contributed by atoms with Crippen LogP contribution in [0.25, 0.3) is 0 Å². The van der Waals surface area contributed by atoms with E-state index >= 15 is 0 Å². The van der Waals surface area contributed by atoms with Crippen LogP contribution in [0.3, 0.4) is 0 Å². The fourth-order valence-corrected chi connectivity index (χ4v) is 2.10. The minimum absolute atomic E-state index is 0.376. The third kappa shape index (κ3) is 4.08. The third-order valence-electron chi connectivity index (χ3n) is 1.98. The highest BCUT2D eigenvalue weighted by molar-refractivity contribution is 7.98. The Kier molecular flexibility index (Phi) is 4.70. The van der Waals surface area contributed by atoms with Gasteiger partial charge >= 0.3 is 0 Å². The standard InChI is InChI=1S/C10H16ClN3OS/c1-10(15,6-16-2)5-13-9-7(12)3-4-8(11)14-9/h3-4,15H,5-6,12H2,1-2H3,(H,13,14). The molecule has 0 saturated carbocycles. The predicted octanol–water partition coefficient (Wildman–Crippen LogP) is 1.84. The Labute approximate surface area is 105 Å². The first-order chi connectivity index (χ1) is 7.44. The monoisotopic (exact) mass is 261 g/mol. The number of nitrogens with one attached hydrogen (secondary N) is 1. The van der Waals surface area contributed by atoms with Crippen molar-refractivity contribution in [3.05, 3.63) is 17.3 Å². The van der Waals surface area contributed by atoms with Crippen molar-refractivity contribution in [3.8, 4) is 0 Å². The molecule has 4 nitrogen and oxygen atoms in total. The van der Waals surface area contributed by atoms with Crippen molar-refractivity contribution in [1.82, 2.24) is 4.98 Å². The average Bonchev–Trinajstić information content (AvgIpc) is 2.19. The summed E-state index contributed by atoms with van der Waals surface area (Å²) in [7, 11) is 0. The summed E-state index contributed by atoms with van der Waals surface area (Å²) < 4.78 is 0. The van der Waals surface area contributed by atoms with Crippen LogP contribution in [0, 0.1) is 0 Å². The second-order valence-electron chi connectivity index (χ2n) is 3.86. The van der Waals surface area contributed by atoms with Gasteiger partial charge in [-0.05, 0) is 25.3 Å². The number of nitrogen functional groups attached to an aromatic ring is 1. The molecule has 0 fully saturated rings. The number of nitrogens with zero attached hydrogens (tertiary/aromatic N) is 1. The van der Waals surface area contributed by atoms with E-state index in [4.69, 9.17) is 17.3 Å². The zero-order chi connectivity index (χ0) is 12.2. The van der Waals surface area contributed by atoms with Gasteiger partial charge < -0.3 is 16.2 Å². The fourth-order valence-electron chi connectivity index (χ4n) is 1.22. The molecule has 0 radical (unpaired) electrons. The number of nitrogens with two attached hydrogens (primary N) is 1. The van der Waals surface area contributed by atoms with Gasteiger partial charge in [-0.1, -0.05) is 11.6 Å². The van der Waals surface area contributed by atoms with Gasteiger partial charge in [0.05, 0.1) is 11.3 Å². The van der Waals surface area contributed by atoms with Crippen LogP contribution >= 0.6 is 23.4 Å². The highest BCUT2D eigenvalue weighted by atomic mass is 35.5. The molecule has 4 N–H and O–H groups in total. The molecule has 1 atom stereocenters. The summed E-state index contributed by atoms with van der Waals surface area (Å²) >= 11 is 7.34. The second kappa shape index (κ2) is 5.61. The minimum atomic E-state index is -0.796. The van der Waals surface area contributed by atoms with Crippen molar-refractivity contribution in [3.63, 3.8) is 0 Å². The van der Waals surface area contributed by atoms with E-state index in [1.165, 1.54) is 0 Å². The summed E-state index contributed by atoms with van der Waals surface area (Å²) in [6.07, 6.45) is 1.94. The van der Waals surface area contributed by atoms with E-state index in [0.717, 1.165) is 0 Å². The lowest BCUT2D eigenvalue weighted by molar-refractivity contribution is 0.0996. The van der Waals surface area contributed by atoms with Crippen molar-refractivity contribution in [2.75, 3.05) is 29.6 Å². The number of hydrogen-bond acceptors (Lipinski definition) is 5. The molecule has 90 valence electrons. The molecule has 0 amide bonds. The predicted molar refractivity (Wildman–Crippen MR) is 71.2 cm³/mol. The first kappa shape index (κ1) is 13.4. The van der Waals surface area contributed by atoms with Crippen LogP contribution in [-0.4, -0.2) is 34.2 Å². The van der Waals surface area contributed by atoms with E-state index in [1.807, 2.05) is 6.26 Å². The first-order valence-electron chi connectivity index (χ1n) is 4.82. The van der Waals surface area contributed by atoms with Crippen LogP contribution in [0.4, 0.5) is 11.5 Å². The molecule has 16 heavy (non-hydrogen) atoms. The van der Waals surface area contributed by atoms with Gasteiger partial charge in [-0.15, -0.1) is 0 Å². The molecule has 0 aliphatic heterocycles. The zero-order valence-electron chi connectivity index (χ0n) is 9.33. The molecule has 0 aliphatic rings. The van der Waals surface area contributed by atoms with Gasteiger partial charge in [-0.3, -0.25) is 0 Å². The minimum Gasteiger partial charge on any atom is -0.396 e. The summed E-state index contributed by atoms with van der Waals surface area (Å²) in [5, 5.41) is 13.3. The Bertz CT molecular complexity index is 360. The topological polar surface area (TPSA) is 71.2 Å². The molecule has 0 spiro atoms. The van der Waals surface area contributed by atoms with Gasteiger partial charge in [0.25, 0.3) is 0 Å². The van der Waals surface area contributed by atoms with Gasteiger partial charge in [-0.2, -0.15) is 11.8 Å². The molecular formula is C10H16ClN3OS. The Morgan fingerprint density at radius 3 is 2.94 bits per heavy atom. The molecule has 1 aromatic heterocycles. The average molecular weight is 262 g/mol. The lowest BCUT2D eigenvalue weighted by Crippen LogP contribution is -2.36. The lowest BCUT2D eigenvalue weighted by Gasteiger charge is -2.23. The van der Waals surface area contributed by atoms with E-state index in [-0.39, 0.29) is 0 Å². The summed E-state index contributed by atoms with van der Waals surface area (Å²) in [5.41, 5.74) is 5.44. The molecule has 1 aromatic rings. The zero-order valence-corrected chi connectivity index (χ0v) is 10.9. The van der Waals surface area contributed by atoms with Crippen molar-refractivity contribution in [1.29, 1.82) is 0 Å². The number of anilines is 2. The summed E-state index contributed by atoms with van der Waals surface area (Å²) in [5.74, 6) is 1.15. The maximum atomic E-state index is 9.95. The van der Waals surface area contributed by atoms with E-state index in [9.17, 15) is 5.11 Å².